The molecular formula is C15H16NO5-. The van der Waals surface area contributed by atoms with Gasteiger partial charge in [-0.25, -0.2) is 4.79 Å². The number of methoxy groups -OCH3 is 1. The first-order valence-corrected chi connectivity index (χ1v) is 6.53. The predicted octanol–water partition coefficient (Wildman–Crippen LogP) is 0.885. The number of carboxylic acids is 1. The van der Waals surface area contributed by atoms with Crippen molar-refractivity contribution in [3.05, 3.63) is 29.5 Å². The number of carboxylic acid groups (broad SMARTS) is 1. The second-order valence-corrected chi connectivity index (χ2v) is 4.52. The van der Waals surface area contributed by atoms with Crippen LogP contribution in [0.15, 0.2) is 18.2 Å². The Kier molecular flexibility index (Phi) is 4.16. The SMILES string of the molecule is CCOC(=O)c1c(C)n(CC(=O)[O-])c2ccc(OC)cc12. The van der Waals surface area contributed by atoms with Crippen LogP contribution >= 0.6 is 0 Å². The van der Waals surface area contributed by atoms with Crippen LogP contribution in [-0.2, 0) is 16.1 Å². The van der Waals surface area contributed by atoms with E-state index in [1.54, 1.807) is 32.0 Å². The minimum atomic E-state index is -1.22. The molecule has 0 aliphatic heterocycles. The molecule has 2 aromatic rings. The normalized spacial score (nSPS) is 10.6. The van der Waals surface area contributed by atoms with Crippen LogP contribution in [0.1, 0.15) is 23.0 Å². The Labute approximate surface area is 121 Å². The average Bonchev–Trinajstić information content (AvgIpc) is 2.70. The number of carbonyl (C=O) groups is 2. The van der Waals surface area contributed by atoms with Gasteiger partial charge in [-0.15, -0.1) is 0 Å². The zero-order chi connectivity index (χ0) is 15.6. The lowest BCUT2D eigenvalue weighted by atomic mass is 10.1. The topological polar surface area (TPSA) is 80.6 Å². The third-order valence-corrected chi connectivity index (χ3v) is 3.30. The highest BCUT2D eigenvalue weighted by Crippen LogP contribution is 2.30. The van der Waals surface area contributed by atoms with E-state index in [2.05, 4.69) is 0 Å². The first-order valence-electron chi connectivity index (χ1n) is 6.53. The molecule has 2 rings (SSSR count). The summed E-state index contributed by atoms with van der Waals surface area (Å²) in [5, 5.41) is 11.5. The highest BCUT2D eigenvalue weighted by molar-refractivity contribution is 6.06. The van der Waals surface area contributed by atoms with Crippen LogP contribution in [0.2, 0.25) is 0 Å². The Morgan fingerprint density at radius 2 is 2.05 bits per heavy atom. The second-order valence-electron chi connectivity index (χ2n) is 4.52. The van der Waals surface area contributed by atoms with E-state index < -0.39 is 11.9 Å². The van der Waals surface area contributed by atoms with Crippen LogP contribution in [-0.4, -0.2) is 30.2 Å². The van der Waals surface area contributed by atoms with Gasteiger partial charge in [0.25, 0.3) is 0 Å². The minimum absolute atomic E-state index is 0.245. The average molecular weight is 290 g/mol. The molecule has 0 aliphatic carbocycles. The molecule has 0 fully saturated rings. The molecule has 0 unspecified atom stereocenters. The zero-order valence-electron chi connectivity index (χ0n) is 12.1. The quantitative estimate of drug-likeness (QED) is 0.764. The maximum Gasteiger partial charge on any atom is 0.340 e. The van der Waals surface area contributed by atoms with Gasteiger partial charge in [0.2, 0.25) is 0 Å². The zero-order valence-corrected chi connectivity index (χ0v) is 12.1. The van der Waals surface area contributed by atoms with E-state index >= 15 is 0 Å². The van der Waals surface area contributed by atoms with E-state index in [-0.39, 0.29) is 13.2 Å². The van der Waals surface area contributed by atoms with Crippen LogP contribution in [0.3, 0.4) is 0 Å². The predicted molar refractivity (Wildman–Crippen MR) is 74.2 cm³/mol. The Hall–Kier alpha value is -2.50. The van der Waals surface area contributed by atoms with Crippen molar-refractivity contribution in [3.63, 3.8) is 0 Å². The summed E-state index contributed by atoms with van der Waals surface area (Å²) in [6.07, 6.45) is 0. The van der Waals surface area contributed by atoms with Crippen LogP contribution in [0.5, 0.6) is 5.75 Å². The number of fused-ring (bicyclic) bond motifs is 1. The van der Waals surface area contributed by atoms with Crippen molar-refractivity contribution in [2.45, 2.75) is 20.4 Å². The van der Waals surface area contributed by atoms with Gasteiger partial charge in [0.05, 0.1) is 31.8 Å². The van der Waals surface area contributed by atoms with E-state index in [0.29, 0.717) is 27.9 Å². The maximum atomic E-state index is 12.1. The number of benzene rings is 1. The molecule has 0 radical (unpaired) electrons. The van der Waals surface area contributed by atoms with Gasteiger partial charge in [-0.05, 0) is 32.0 Å². The number of esters is 1. The number of nitrogens with zero attached hydrogens (tertiary/aromatic N) is 1. The van der Waals surface area contributed by atoms with Gasteiger partial charge in [0.15, 0.2) is 0 Å². The molecule has 112 valence electrons. The largest absolute Gasteiger partial charge is 0.548 e. The molecule has 21 heavy (non-hydrogen) atoms. The maximum absolute atomic E-state index is 12.1. The van der Waals surface area contributed by atoms with Crippen molar-refractivity contribution in [1.29, 1.82) is 0 Å². The molecule has 0 aliphatic rings. The third-order valence-electron chi connectivity index (χ3n) is 3.30. The fourth-order valence-corrected chi connectivity index (χ4v) is 2.38. The molecule has 0 spiro atoms. The van der Waals surface area contributed by atoms with Gasteiger partial charge >= 0.3 is 5.97 Å². The summed E-state index contributed by atoms with van der Waals surface area (Å²) in [6, 6.07) is 5.12. The fourth-order valence-electron chi connectivity index (χ4n) is 2.38. The monoisotopic (exact) mass is 290 g/mol. The van der Waals surface area contributed by atoms with Crippen molar-refractivity contribution in [3.8, 4) is 5.75 Å². The standard InChI is InChI=1S/C15H17NO5/c1-4-21-15(19)14-9(2)16(8-13(17)18)12-6-5-10(20-3)7-11(12)14/h5-7H,4,8H2,1-3H3,(H,17,18)/p-1. The number of ether oxygens (including phenoxy) is 2. The van der Waals surface area contributed by atoms with Crippen LogP contribution in [0, 0.1) is 6.92 Å². The van der Waals surface area contributed by atoms with Gasteiger partial charge in [0.1, 0.15) is 5.75 Å². The summed E-state index contributed by atoms with van der Waals surface area (Å²) >= 11 is 0. The number of hydrogen-bond donors (Lipinski definition) is 0. The van der Waals surface area contributed by atoms with E-state index in [0.717, 1.165) is 0 Å². The summed E-state index contributed by atoms with van der Waals surface area (Å²) < 4.78 is 11.7. The molecule has 1 aromatic carbocycles. The number of rotatable bonds is 5. The van der Waals surface area contributed by atoms with Gasteiger partial charge in [0, 0.05) is 16.6 Å². The van der Waals surface area contributed by atoms with Gasteiger partial charge in [-0.2, -0.15) is 0 Å². The summed E-state index contributed by atoms with van der Waals surface area (Å²) in [7, 11) is 1.52. The minimum Gasteiger partial charge on any atom is -0.548 e. The van der Waals surface area contributed by atoms with E-state index in [1.807, 2.05) is 0 Å². The third kappa shape index (κ3) is 2.69. The highest BCUT2D eigenvalue weighted by atomic mass is 16.5. The molecule has 1 heterocycles. The Balaban J connectivity index is 2.71. The van der Waals surface area contributed by atoms with Crippen LogP contribution in [0.4, 0.5) is 0 Å². The van der Waals surface area contributed by atoms with Crippen molar-refractivity contribution in [1.82, 2.24) is 4.57 Å². The number of aromatic nitrogens is 1. The Morgan fingerprint density at radius 3 is 2.62 bits per heavy atom. The summed E-state index contributed by atoms with van der Waals surface area (Å²) in [4.78, 5) is 23.1. The number of carbonyl (C=O) groups excluding carboxylic acids is 2. The molecular weight excluding hydrogens is 274 g/mol. The molecule has 0 saturated carbocycles. The highest BCUT2D eigenvalue weighted by Gasteiger charge is 2.21. The van der Waals surface area contributed by atoms with Gasteiger partial charge in [-0.3, -0.25) is 0 Å². The first-order chi connectivity index (χ1) is 9.99. The Morgan fingerprint density at radius 1 is 1.33 bits per heavy atom. The molecule has 0 saturated heterocycles. The lowest BCUT2D eigenvalue weighted by Gasteiger charge is -2.09. The van der Waals surface area contributed by atoms with E-state index in [9.17, 15) is 14.7 Å². The van der Waals surface area contributed by atoms with E-state index in [4.69, 9.17) is 9.47 Å². The van der Waals surface area contributed by atoms with Crippen molar-refractivity contribution < 1.29 is 24.2 Å². The van der Waals surface area contributed by atoms with Crippen molar-refractivity contribution >= 4 is 22.8 Å². The molecule has 1 aromatic heterocycles. The lowest BCUT2D eigenvalue weighted by Crippen LogP contribution is -2.28. The molecule has 6 nitrogen and oxygen atoms in total. The van der Waals surface area contributed by atoms with E-state index in [1.165, 1.54) is 11.7 Å². The summed E-state index contributed by atoms with van der Waals surface area (Å²) in [5.41, 5.74) is 1.51. The first kappa shape index (κ1) is 14.9. The summed E-state index contributed by atoms with van der Waals surface area (Å²) in [6.45, 7) is 3.32. The lowest BCUT2D eigenvalue weighted by molar-refractivity contribution is -0.306. The number of hydrogen-bond acceptors (Lipinski definition) is 5. The summed E-state index contributed by atoms with van der Waals surface area (Å²) in [5.74, 6) is -1.12. The van der Waals surface area contributed by atoms with Crippen LogP contribution < -0.4 is 9.84 Å². The van der Waals surface area contributed by atoms with Crippen LogP contribution in [0.25, 0.3) is 10.9 Å². The molecule has 0 N–H and O–H groups in total. The Bertz CT molecular complexity index is 702. The number of aliphatic carboxylic acids is 1. The molecule has 0 bridgehead atoms. The smallest absolute Gasteiger partial charge is 0.340 e. The fraction of sp³-hybridized carbons (Fsp3) is 0.333. The molecule has 6 heteroatoms. The molecule has 0 atom stereocenters. The molecule has 0 amide bonds. The van der Waals surface area contributed by atoms with Crippen molar-refractivity contribution in [2.75, 3.05) is 13.7 Å². The van der Waals surface area contributed by atoms with Gasteiger partial charge in [-0.1, -0.05) is 0 Å². The van der Waals surface area contributed by atoms with Gasteiger partial charge < -0.3 is 23.9 Å². The second kappa shape index (κ2) is 5.87. The van der Waals surface area contributed by atoms with Crippen molar-refractivity contribution in [2.24, 2.45) is 0 Å².